The first-order valence-electron chi connectivity index (χ1n) is 8.94. The number of amides is 1. The average Bonchev–Trinajstić information content (AvgIpc) is 3.37. The molecule has 3 heterocycles. The molecule has 0 aliphatic heterocycles. The molecule has 2 aromatic carbocycles. The van der Waals surface area contributed by atoms with Gasteiger partial charge in [-0.3, -0.25) is 14.7 Å². The molecular formula is C22H14FN3O2S. The lowest BCUT2D eigenvalue weighted by Gasteiger charge is -2.18. The second-order valence-corrected chi connectivity index (χ2v) is 7.45. The summed E-state index contributed by atoms with van der Waals surface area (Å²) in [5, 5.41) is 1.23. The normalized spacial score (nSPS) is 11.2. The van der Waals surface area contributed by atoms with E-state index in [0.29, 0.717) is 21.1 Å². The molecule has 5 aromatic rings. The molecule has 5 rings (SSSR count). The fourth-order valence-electron chi connectivity index (χ4n) is 3.12. The zero-order valence-electron chi connectivity index (χ0n) is 15.1. The van der Waals surface area contributed by atoms with Crippen molar-refractivity contribution in [2.75, 3.05) is 4.90 Å². The van der Waals surface area contributed by atoms with Crippen LogP contribution in [0.3, 0.4) is 0 Å². The highest BCUT2D eigenvalue weighted by Gasteiger charge is 2.25. The maximum absolute atomic E-state index is 14.2. The fraction of sp³-hybridized carbons (Fsp3) is 0.0455. The number of halogens is 1. The first-order chi connectivity index (χ1) is 14.2. The lowest BCUT2D eigenvalue weighted by molar-refractivity contribution is 0.0960. The third-order valence-corrected chi connectivity index (χ3v) is 5.56. The Kier molecular flexibility index (Phi) is 4.29. The SMILES string of the molecule is O=C(c1cc2ccccc2o1)N(Cc1ccccn1)c1nc2c(F)cccc2s1. The highest BCUT2D eigenvalue weighted by atomic mass is 32.1. The van der Waals surface area contributed by atoms with E-state index in [-0.39, 0.29) is 23.7 Å². The molecule has 0 fully saturated rings. The van der Waals surface area contributed by atoms with Crippen LogP contribution < -0.4 is 4.90 Å². The zero-order chi connectivity index (χ0) is 19.8. The lowest BCUT2D eigenvalue weighted by Crippen LogP contribution is -2.30. The second-order valence-electron chi connectivity index (χ2n) is 6.44. The quantitative estimate of drug-likeness (QED) is 0.402. The summed E-state index contributed by atoms with van der Waals surface area (Å²) >= 11 is 1.25. The second kappa shape index (κ2) is 7.10. The Labute approximate surface area is 169 Å². The van der Waals surface area contributed by atoms with Crippen LogP contribution in [0.15, 0.2) is 77.3 Å². The van der Waals surface area contributed by atoms with Crippen molar-refractivity contribution < 1.29 is 13.6 Å². The summed E-state index contributed by atoms with van der Waals surface area (Å²) in [4.78, 5) is 23.5. The molecule has 7 heteroatoms. The minimum absolute atomic E-state index is 0.193. The van der Waals surface area contributed by atoms with Crippen molar-refractivity contribution in [3.05, 3.63) is 90.2 Å². The topological polar surface area (TPSA) is 59.2 Å². The predicted octanol–water partition coefficient (Wildman–Crippen LogP) is 5.42. The molecule has 29 heavy (non-hydrogen) atoms. The lowest BCUT2D eigenvalue weighted by atomic mass is 10.2. The fourth-order valence-corrected chi connectivity index (χ4v) is 4.10. The molecule has 0 saturated heterocycles. The maximum Gasteiger partial charge on any atom is 0.296 e. The summed E-state index contributed by atoms with van der Waals surface area (Å²) in [6.07, 6.45) is 1.66. The number of furan rings is 1. The minimum Gasteiger partial charge on any atom is -0.451 e. The number of thiazole rings is 1. The van der Waals surface area contributed by atoms with Crippen LogP contribution >= 0.6 is 11.3 Å². The average molecular weight is 403 g/mol. The van der Waals surface area contributed by atoms with Gasteiger partial charge < -0.3 is 4.42 Å². The number of para-hydroxylation sites is 2. The molecule has 0 spiro atoms. The Bertz CT molecular complexity index is 1300. The number of hydrogen-bond donors (Lipinski definition) is 0. The largest absolute Gasteiger partial charge is 0.451 e. The van der Waals surface area contributed by atoms with Gasteiger partial charge in [-0.2, -0.15) is 0 Å². The monoisotopic (exact) mass is 403 g/mol. The Hall–Kier alpha value is -3.58. The summed E-state index contributed by atoms with van der Waals surface area (Å²) in [5.41, 5.74) is 1.57. The van der Waals surface area contributed by atoms with Gasteiger partial charge in [-0.25, -0.2) is 9.37 Å². The Morgan fingerprint density at radius 1 is 1.07 bits per heavy atom. The third kappa shape index (κ3) is 3.25. The Balaban J connectivity index is 1.60. The van der Waals surface area contributed by atoms with Crippen molar-refractivity contribution in [2.24, 2.45) is 0 Å². The molecule has 0 N–H and O–H groups in total. The van der Waals surface area contributed by atoms with Gasteiger partial charge in [-0.15, -0.1) is 0 Å². The van der Waals surface area contributed by atoms with Crippen LogP contribution in [0.2, 0.25) is 0 Å². The van der Waals surface area contributed by atoms with Gasteiger partial charge in [0.1, 0.15) is 16.9 Å². The molecule has 0 bridgehead atoms. The van der Waals surface area contributed by atoms with Crippen molar-refractivity contribution in [2.45, 2.75) is 6.54 Å². The number of carbonyl (C=O) groups is 1. The highest BCUT2D eigenvalue weighted by molar-refractivity contribution is 7.22. The Morgan fingerprint density at radius 3 is 2.72 bits per heavy atom. The van der Waals surface area contributed by atoms with E-state index in [4.69, 9.17) is 4.42 Å². The summed E-state index contributed by atoms with van der Waals surface area (Å²) in [5.74, 6) is -0.577. The van der Waals surface area contributed by atoms with Crippen LogP contribution in [-0.4, -0.2) is 15.9 Å². The van der Waals surface area contributed by atoms with E-state index in [1.54, 1.807) is 24.4 Å². The molecule has 1 amide bonds. The molecule has 5 nitrogen and oxygen atoms in total. The highest BCUT2D eigenvalue weighted by Crippen LogP contribution is 2.32. The van der Waals surface area contributed by atoms with Crippen LogP contribution in [0.5, 0.6) is 0 Å². The minimum atomic E-state index is -0.418. The number of fused-ring (bicyclic) bond motifs is 2. The van der Waals surface area contributed by atoms with Crippen molar-refractivity contribution in [3.8, 4) is 0 Å². The molecule has 0 unspecified atom stereocenters. The van der Waals surface area contributed by atoms with E-state index < -0.39 is 5.82 Å². The van der Waals surface area contributed by atoms with Crippen molar-refractivity contribution in [1.29, 1.82) is 0 Å². The van der Waals surface area contributed by atoms with Gasteiger partial charge in [-0.05, 0) is 36.4 Å². The molecule has 3 aromatic heterocycles. The van der Waals surface area contributed by atoms with Crippen LogP contribution in [0.4, 0.5) is 9.52 Å². The number of hydrogen-bond acceptors (Lipinski definition) is 5. The number of pyridine rings is 1. The van der Waals surface area contributed by atoms with Crippen LogP contribution in [0.25, 0.3) is 21.2 Å². The number of carbonyl (C=O) groups excluding carboxylic acids is 1. The third-order valence-electron chi connectivity index (χ3n) is 4.52. The molecule has 142 valence electrons. The Morgan fingerprint density at radius 2 is 1.93 bits per heavy atom. The summed E-state index contributed by atoms with van der Waals surface area (Å²) in [6, 6.07) is 19.4. The van der Waals surface area contributed by atoms with Gasteiger partial charge in [-0.1, -0.05) is 41.7 Å². The number of anilines is 1. The molecule has 0 aliphatic rings. The van der Waals surface area contributed by atoms with Gasteiger partial charge in [0.2, 0.25) is 0 Å². The van der Waals surface area contributed by atoms with E-state index in [0.717, 1.165) is 5.39 Å². The molecule has 0 aliphatic carbocycles. The van der Waals surface area contributed by atoms with E-state index in [2.05, 4.69) is 9.97 Å². The van der Waals surface area contributed by atoms with Crippen molar-refractivity contribution >= 4 is 43.6 Å². The van der Waals surface area contributed by atoms with Gasteiger partial charge in [0.05, 0.1) is 16.9 Å². The first kappa shape index (κ1) is 17.5. The number of benzene rings is 2. The first-order valence-corrected chi connectivity index (χ1v) is 9.76. The van der Waals surface area contributed by atoms with Crippen molar-refractivity contribution in [3.63, 3.8) is 0 Å². The van der Waals surface area contributed by atoms with Crippen LogP contribution in [0, 0.1) is 5.82 Å². The number of aromatic nitrogens is 2. The van der Waals surface area contributed by atoms with E-state index in [1.165, 1.54) is 22.3 Å². The maximum atomic E-state index is 14.2. The van der Waals surface area contributed by atoms with Crippen LogP contribution in [0.1, 0.15) is 16.2 Å². The number of nitrogens with zero attached hydrogens (tertiary/aromatic N) is 3. The standard InChI is InChI=1S/C22H14FN3O2S/c23-16-8-5-10-19-20(16)25-22(29-19)26(13-15-7-3-4-11-24-15)21(27)18-12-14-6-1-2-9-17(14)28-18/h1-12H,13H2. The summed E-state index contributed by atoms with van der Waals surface area (Å²) < 4.78 is 20.6. The molecule has 0 radical (unpaired) electrons. The zero-order valence-corrected chi connectivity index (χ0v) is 15.9. The molecular weight excluding hydrogens is 389 g/mol. The number of rotatable bonds is 4. The summed E-state index contributed by atoms with van der Waals surface area (Å²) in [6.45, 7) is 0.193. The van der Waals surface area contributed by atoms with E-state index in [1.807, 2.05) is 42.5 Å². The van der Waals surface area contributed by atoms with Gasteiger partial charge >= 0.3 is 0 Å². The summed E-state index contributed by atoms with van der Waals surface area (Å²) in [7, 11) is 0. The van der Waals surface area contributed by atoms with Gasteiger partial charge in [0.25, 0.3) is 5.91 Å². The van der Waals surface area contributed by atoms with E-state index >= 15 is 0 Å². The van der Waals surface area contributed by atoms with Crippen LogP contribution in [-0.2, 0) is 6.54 Å². The predicted molar refractivity (Wildman–Crippen MR) is 111 cm³/mol. The smallest absolute Gasteiger partial charge is 0.296 e. The molecule has 0 saturated carbocycles. The van der Waals surface area contributed by atoms with Gasteiger partial charge in [0, 0.05) is 11.6 Å². The van der Waals surface area contributed by atoms with Crippen molar-refractivity contribution in [1.82, 2.24) is 9.97 Å². The van der Waals surface area contributed by atoms with E-state index in [9.17, 15) is 9.18 Å². The molecule has 0 atom stereocenters. The van der Waals surface area contributed by atoms with Gasteiger partial charge in [0.15, 0.2) is 10.9 Å².